The molecule has 182 valence electrons. The quantitative estimate of drug-likeness (QED) is 0.379. The van der Waals surface area contributed by atoms with Crippen molar-refractivity contribution in [2.75, 3.05) is 44.2 Å². The summed E-state index contributed by atoms with van der Waals surface area (Å²) in [7, 11) is 0. The lowest BCUT2D eigenvalue weighted by molar-refractivity contribution is 0.0518. The minimum Gasteiger partial charge on any atom is -0.462 e. The summed E-state index contributed by atoms with van der Waals surface area (Å²) >= 11 is 1.43. The molecule has 3 heterocycles. The molecule has 1 fully saturated rings. The number of Topliss-reactive ketones (excluding diaryl/α,β-unsaturated/α-hetero) is 1. The van der Waals surface area contributed by atoms with E-state index in [2.05, 4.69) is 4.90 Å². The number of carbonyl (C=O) groups is 2. The van der Waals surface area contributed by atoms with Gasteiger partial charge in [-0.2, -0.15) is 0 Å². The van der Waals surface area contributed by atoms with E-state index < -0.39 is 17.2 Å². The largest absolute Gasteiger partial charge is 0.462 e. The molecule has 5 rings (SSSR count). The number of rotatable bonds is 6. The molecule has 0 N–H and O–H groups in total. The first-order chi connectivity index (χ1) is 16.9. The molecule has 2 aromatic carbocycles. The monoisotopic (exact) mass is 495 g/mol. The minimum absolute atomic E-state index is 0.0143. The fourth-order valence-electron chi connectivity index (χ4n) is 4.73. The van der Waals surface area contributed by atoms with Gasteiger partial charge in [0, 0.05) is 37.1 Å². The third-order valence-corrected chi connectivity index (χ3v) is 7.71. The highest BCUT2D eigenvalue weighted by Gasteiger charge is 2.34. The Morgan fingerprint density at radius 2 is 1.83 bits per heavy atom. The Hall–Kier alpha value is -3.17. The van der Waals surface area contributed by atoms with Crippen molar-refractivity contribution in [2.45, 2.75) is 24.2 Å². The first kappa shape index (κ1) is 23.6. The van der Waals surface area contributed by atoms with Gasteiger partial charge in [0.2, 0.25) is 5.43 Å². The number of hydrogen-bond donors (Lipinski definition) is 0. The normalized spacial score (nSPS) is 17.7. The molecule has 1 unspecified atom stereocenters. The van der Waals surface area contributed by atoms with E-state index in [1.165, 1.54) is 17.8 Å². The second-order valence-corrected chi connectivity index (χ2v) is 9.99. The van der Waals surface area contributed by atoms with Crippen LogP contribution in [0, 0.1) is 5.82 Å². The number of aromatic nitrogens is 1. The number of anilines is 1. The maximum absolute atomic E-state index is 15.3. The van der Waals surface area contributed by atoms with Crippen molar-refractivity contribution in [1.29, 1.82) is 0 Å². The SMILES string of the molecule is CCOC(=O)c1c2n(c3cc(N4CCN(CC(=O)c5ccccc5)CC4)c(F)cc3c1=O)C(C)S2. The third kappa shape index (κ3) is 4.23. The second-order valence-electron chi connectivity index (χ2n) is 8.69. The first-order valence-corrected chi connectivity index (χ1v) is 12.6. The molecule has 2 aliphatic rings. The Bertz CT molecular complexity index is 1370. The molecule has 0 saturated carbocycles. The van der Waals surface area contributed by atoms with Gasteiger partial charge in [0.25, 0.3) is 0 Å². The van der Waals surface area contributed by atoms with E-state index in [1.807, 2.05) is 46.7 Å². The third-order valence-electron chi connectivity index (χ3n) is 6.53. The number of thioether (sulfide) groups is 1. The highest BCUT2D eigenvalue weighted by molar-refractivity contribution is 8.00. The van der Waals surface area contributed by atoms with Crippen LogP contribution in [0.2, 0.25) is 0 Å². The van der Waals surface area contributed by atoms with Crippen LogP contribution >= 0.6 is 11.8 Å². The molecular formula is C26H26FN3O4S. The van der Waals surface area contributed by atoms with E-state index in [0.717, 1.165) is 0 Å². The predicted molar refractivity (Wildman–Crippen MR) is 134 cm³/mol. The number of halogens is 1. The lowest BCUT2D eigenvalue weighted by Gasteiger charge is -2.37. The summed E-state index contributed by atoms with van der Waals surface area (Å²) in [4.78, 5) is 42.1. The zero-order valence-corrected chi connectivity index (χ0v) is 20.4. The molecule has 0 aliphatic carbocycles. The van der Waals surface area contributed by atoms with Crippen LogP contribution in [0.1, 0.15) is 39.9 Å². The van der Waals surface area contributed by atoms with Crippen molar-refractivity contribution in [3.63, 3.8) is 0 Å². The highest BCUT2D eigenvalue weighted by Crippen LogP contribution is 2.46. The van der Waals surface area contributed by atoms with Crippen LogP contribution in [0.3, 0.4) is 0 Å². The van der Waals surface area contributed by atoms with Crippen LogP contribution in [0.25, 0.3) is 10.9 Å². The number of ether oxygens (including phenoxy) is 1. The van der Waals surface area contributed by atoms with Crippen molar-refractivity contribution >= 4 is 40.1 Å². The van der Waals surface area contributed by atoms with Gasteiger partial charge in [0.05, 0.1) is 34.8 Å². The van der Waals surface area contributed by atoms with Crippen molar-refractivity contribution in [3.8, 4) is 0 Å². The molecule has 1 atom stereocenters. The van der Waals surface area contributed by atoms with Crippen molar-refractivity contribution in [3.05, 3.63) is 69.6 Å². The maximum atomic E-state index is 15.3. The fraction of sp³-hybridized carbons (Fsp3) is 0.346. The standard InChI is InChI=1S/C26H26FN3O4S/c1-3-34-26(33)23-24(32)18-13-19(27)21(14-20(18)30-16(2)35-25(23)30)29-11-9-28(10-12-29)15-22(31)17-7-5-4-6-8-17/h4-8,13-14,16H,3,9-12,15H2,1-2H3. The Morgan fingerprint density at radius 1 is 1.11 bits per heavy atom. The van der Waals surface area contributed by atoms with Gasteiger partial charge in [-0.1, -0.05) is 42.1 Å². The van der Waals surface area contributed by atoms with Crippen LogP contribution in [0.5, 0.6) is 0 Å². The van der Waals surface area contributed by atoms with E-state index in [4.69, 9.17) is 4.74 Å². The van der Waals surface area contributed by atoms with Gasteiger partial charge < -0.3 is 14.2 Å². The van der Waals surface area contributed by atoms with Crippen molar-refractivity contribution in [2.24, 2.45) is 0 Å². The summed E-state index contributed by atoms with van der Waals surface area (Å²) in [6, 6.07) is 12.2. The van der Waals surface area contributed by atoms with E-state index in [1.54, 1.807) is 13.0 Å². The summed E-state index contributed by atoms with van der Waals surface area (Å²) in [6.07, 6.45) is 0. The van der Waals surface area contributed by atoms with Gasteiger partial charge in [-0.25, -0.2) is 9.18 Å². The Morgan fingerprint density at radius 3 is 2.49 bits per heavy atom. The molecule has 1 aromatic heterocycles. The number of piperazine rings is 1. The fourth-order valence-corrected chi connectivity index (χ4v) is 5.88. The molecule has 35 heavy (non-hydrogen) atoms. The first-order valence-electron chi connectivity index (χ1n) is 11.7. The van der Waals surface area contributed by atoms with E-state index in [-0.39, 0.29) is 28.7 Å². The number of nitrogens with zero attached hydrogens (tertiary/aromatic N) is 3. The van der Waals surface area contributed by atoms with E-state index >= 15 is 4.39 Å². The molecule has 1 saturated heterocycles. The van der Waals surface area contributed by atoms with E-state index in [0.29, 0.717) is 54.5 Å². The van der Waals surface area contributed by atoms with Gasteiger partial charge in [-0.05, 0) is 26.0 Å². The van der Waals surface area contributed by atoms with E-state index in [9.17, 15) is 14.4 Å². The zero-order valence-electron chi connectivity index (χ0n) is 19.6. The van der Waals surface area contributed by atoms with Gasteiger partial charge in [0.15, 0.2) is 5.78 Å². The van der Waals surface area contributed by atoms with Gasteiger partial charge >= 0.3 is 5.97 Å². The van der Waals surface area contributed by atoms with Crippen LogP contribution in [0.15, 0.2) is 52.3 Å². The van der Waals surface area contributed by atoms with Crippen LogP contribution in [-0.4, -0.2) is 60.6 Å². The summed E-state index contributed by atoms with van der Waals surface area (Å²) < 4.78 is 22.3. The minimum atomic E-state index is -0.673. The smallest absolute Gasteiger partial charge is 0.344 e. The number of hydrogen-bond acceptors (Lipinski definition) is 7. The van der Waals surface area contributed by atoms with Crippen LogP contribution in [0.4, 0.5) is 10.1 Å². The molecule has 0 radical (unpaired) electrons. The Labute approximate surface area is 206 Å². The molecule has 3 aromatic rings. The van der Waals surface area contributed by atoms with Gasteiger partial charge in [-0.3, -0.25) is 14.5 Å². The predicted octanol–water partition coefficient (Wildman–Crippen LogP) is 3.95. The Balaban J connectivity index is 1.40. The number of fused-ring (bicyclic) bond motifs is 3. The number of carbonyl (C=O) groups excluding carboxylic acids is 2. The molecule has 9 heteroatoms. The lowest BCUT2D eigenvalue weighted by Crippen LogP contribution is -2.48. The summed E-state index contributed by atoms with van der Waals surface area (Å²) in [5.41, 5.74) is 1.20. The van der Waals surface area contributed by atoms with Crippen molar-refractivity contribution < 1.29 is 18.7 Å². The van der Waals surface area contributed by atoms with Gasteiger partial charge in [-0.15, -0.1) is 0 Å². The molecule has 7 nitrogen and oxygen atoms in total. The molecule has 0 amide bonds. The average molecular weight is 496 g/mol. The lowest BCUT2D eigenvalue weighted by atomic mass is 10.1. The molecule has 0 spiro atoms. The number of benzene rings is 2. The topological polar surface area (TPSA) is 71.8 Å². The number of esters is 1. The average Bonchev–Trinajstić information content (AvgIpc) is 2.85. The highest BCUT2D eigenvalue weighted by atomic mass is 32.2. The van der Waals surface area contributed by atoms with Crippen LogP contribution in [-0.2, 0) is 4.74 Å². The molecular weight excluding hydrogens is 469 g/mol. The molecule has 2 aliphatic heterocycles. The molecule has 0 bridgehead atoms. The number of ketones is 1. The Kier molecular flexibility index (Phi) is 6.37. The number of pyridine rings is 1. The summed E-state index contributed by atoms with van der Waals surface area (Å²) in [5.74, 6) is -1.11. The van der Waals surface area contributed by atoms with Crippen LogP contribution < -0.4 is 10.3 Å². The van der Waals surface area contributed by atoms with Crippen molar-refractivity contribution in [1.82, 2.24) is 9.47 Å². The maximum Gasteiger partial charge on any atom is 0.344 e. The van der Waals surface area contributed by atoms with Gasteiger partial charge in [0.1, 0.15) is 11.4 Å². The zero-order chi connectivity index (χ0) is 24.7. The summed E-state index contributed by atoms with van der Waals surface area (Å²) in [6.45, 7) is 6.52. The second kappa shape index (κ2) is 9.47. The summed E-state index contributed by atoms with van der Waals surface area (Å²) in [5, 5.41) is 0.757.